The molecule has 18 heavy (non-hydrogen) atoms. The van der Waals surface area contributed by atoms with Gasteiger partial charge in [-0.25, -0.2) is 4.99 Å². The Bertz CT molecular complexity index is 455. The zero-order valence-electron chi connectivity index (χ0n) is 9.92. The van der Waals surface area contributed by atoms with Crippen LogP contribution in [0.3, 0.4) is 0 Å². The van der Waals surface area contributed by atoms with Gasteiger partial charge in [-0.1, -0.05) is 29.8 Å². The lowest BCUT2D eigenvalue weighted by atomic mass is 10.1. The highest BCUT2D eigenvalue weighted by Crippen LogP contribution is 2.05. The number of amidine groups is 1. The first-order valence-electron chi connectivity index (χ1n) is 5.21. The maximum absolute atomic E-state index is 8.47. The first-order valence-corrected chi connectivity index (χ1v) is 5.62. The lowest BCUT2D eigenvalue weighted by Gasteiger charge is -2.03. The third kappa shape index (κ3) is 5.37. The molecule has 0 aliphatic heterocycles. The van der Waals surface area contributed by atoms with Crippen molar-refractivity contribution in [3.8, 4) is 0 Å². The van der Waals surface area contributed by atoms with Crippen LogP contribution in [0.4, 0.5) is 0 Å². The van der Waals surface area contributed by atoms with Crippen molar-refractivity contribution in [3.05, 3.63) is 35.4 Å². The number of nitrogens with two attached hydrogens (primary N) is 1. The molecular weight excluding hydrogens is 250 g/mol. The van der Waals surface area contributed by atoms with Gasteiger partial charge in [-0.3, -0.25) is 16.1 Å². The average Bonchev–Trinajstić information content (AvgIpc) is 2.35. The van der Waals surface area contributed by atoms with Crippen LogP contribution in [0.15, 0.2) is 34.4 Å². The lowest BCUT2D eigenvalue weighted by Crippen LogP contribution is -2.25. The van der Waals surface area contributed by atoms with Gasteiger partial charge >= 0.3 is 0 Å². The van der Waals surface area contributed by atoms with Gasteiger partial charge in [-0.15, -0.1) is 0 Å². The van der Waals surface area contributed by atoms with Crippen LogP contribution in [0.2, 0.25) is 0 Å². The topological polar surface area (TPSA) is 95.0 Å². The van der Waals surface area contributed by atoms with E-state index in [0.29, 0.717) is 12.3 Å². The first-order chi connectivity index (χ1) is 8.61. The molecule has 0 amide bonds. The number of hydrazone groups is 1. The number of hydroxylamine groups is 1. The van der Waals surface area contributed by atoms with Crippen molar-refractivity contribution in [2.24, 2.45) is 15.8 Å². The summed E-state index contributed by atoms with van der Waals surface area (Å²) in [7, 11) is 0. The zero-order valence-corrected chi connectivity index (χ0v) is 10.7. The van der Waals surface area contributed by atoms with E-state index in [1.165, 1.54) is 5.56 Å². The Kier molecular flexibility index (Phi) is 5.75. The van der Waals surface area contributed by atoms with Crippen molar-refractivity contribution >= 4 is 29.5 Å². The monoisotopic (exact) mass is 265 g/mol. The van der Waals surface area contributed by atoms with E-state index in [2.05, 4.69) is 27.7 Å². The summed E-state index contributed by atoms with van der Waals surface area (Å²) in [6.07, 6.45) is 1.61. The van der Waals surface area contributed by atoms with Crippen LogP contribution in [0.25, 0.3) is 0 Å². The number of hydrogen-bond acceptors (Lipinski definition) is 3. The quantitative estimate of drug-likeness (QED) is 0.278. The minimum atomic E-state index is 0.0589. The van der Waals surface area contributed by atoms with Crippen molar-refractivity contribution in [2.75, 3.05) is 0 Å². The third-order valence-corrected chi connectivity index (χ3v) is 2.14. The van der Waals surface area contributed by atoms with Crippen LogP contribution in [0.5, 0.6) is 0 Å². The predicted molar refractivity (Wildman–Crippen MR) is 75.7 cm³/mol. The molecule has 0 saturated heterocycles. The molecule has 7 heteroatoms. The van der Waals surface area contributed by atoms with Gasteiger partial charge in [0.25, 0.3) is 0 Å². The second-order valence-electron chi connectivity index (χ2n) is 3.55. The summed E-state index contributed by atoms with van der Waals surface area (Å²) in [6, 6.07) is 7.96. The molecule has 0 aliphatic rings. The molecule has 96 valence electrons. The van der Waals surface area contributed by atoms with Crippen LogP contribution in [-0.2, 0) is 6.42 Å². The summed E-state index contributed by atoms with van der Waals surface area (Å²) in [5.74, 6) is 0.438. The van der Waals surface area contributed by atoms with Gasteiger partial charge in [0, 0.05) is 6.42 Å². The molecule has 1 aromatic rings. The van der Waals surface area contributed by atoms with Gasteiger partial charge in [0.05, 0.1) is 0 Å². The zero-order chi connectivity index (χ0) is 13.4. The fraction of sp³-hybridized carbons (Fsp3) is 0.182. The maximum Gasteiger partial charge on any atom is 0.184 e. The number of aryl methyl sites for hydroxylation is 1. The number of thiocarbonyl (C=S) groups is 1. The van der Waals surface area contributed by atoms with E-state index in [9.17, 15) is 0 Å². The van der Waals surface area contributed by atoms with Crippen molar-refractivity contribution in [1.82, 2.24) is 10.9 Å². The number of aliphatic imine (C=N–C) groups is 1. The summed E-state index contributed by atoms with van der Waals surface area (Å²) in [6.45, 7) is 2.01. The predicted octanol–water partition coefficient (Wildman–Crippen LogP) is 0.691. The molecule has 1 rings (SSSR count). The number of hydrogen-bond donors (Lipinski definition) is 4. The summed E-state index contributed by atoms with van der Waals surface area (Å²) >= 11 is 4.65. The first kappa shape index (κ1) is 14.1. The van der Waals surface area contributed by atoms with Gasteiger partial charge in [0.15, 0.2) is 10.9 Å². The molecule has 0 heterocycles. The molecule has 0 bridgehead atoms. The van der Waals surface area contributed by atoms with Crippen LogP contribution in [0.1, 0.15) is 11.1 Å². The Balaban J connectivity index is 2.77. The largest absolute Gasteiger partial charge is 0.375 e. The van der Waals surface area contributed by atoms with Crippen LogP contribution in [-0.4, -0.2) is 22.5 Å². The van der Waals surface area contributed by atoms with E-state index in [1.807, 2.05) is 36.7 Å². The Morgan fingerprint density at radius 1 is 1.44 bits per heavy atom. The van der Waals surface area contributed by atoms with Crippen LogP contribution >= 0.6 is 12.2 Å². The van der Waals surface area contributed by atoms with Crippen molar-refractivity contribution in [2.45, 2.75) is 13.3 Å². The number of rotatable bonds is 4. The molecule has 0 fully saturated rings. The van der Waals surface area contributed by atoms with Gasteiger partial charge in [-0.05, 0) is 24.7 Å². The van der Waals surface area contributed by atoms with Crippen LogP contribution < -0.4 is 16.6 Å². The fourth-order valence-electron chi connectivity index (χ4n) is 1.23. The second-order valence-corrected chi connectivity index (χ2v) is 3.99. The SMILES string of the molecule is Cc1ccc(CC(N=CNO)=NNC(N)=S)cc1. The lowest BCUT2D eigenvalue weighted by molar-refractivity contribution is 0.240. The molecule has 5 N–H and O–H groups in total. The van der Waals surface area contributed by atoms with Crippen LogP contribution in [0, 0.1) is 6.92 Å². The maximum atomic E-state index is 8.47. The van der Waals surface area contributed by atoms with E-state index in [4.69, 9.17) is 10.9 Å². The molecule has 0 saturated carbocycles. The molecule has 1 aromatic carbocycles. The molecule has 0 atom stereocenters. The Hall–Kier alpha value is -1.99. The van der Waals surface area contributed by atoms with E-state index in [0.717, 1.165) is 11.9 Å². The van der Waals surface area contributed by atoms with Gasteiger partial charge < -0.3 is 5.73 Å². The number of benzene rings is 1. The smallest absolute Gasteiger partial charge is 0.184 e. The standard InChI is InChI=1S/C11H15N5OS/c1-8-2-4-9(5-3-8)6-10(13-7-14-17)15-16-11(12)18/h2-5,7,17H,6H2,1H3,(H3,12,16,18)(H,13,14,15). The molecular formula is C11H15N5OS. The highest BCUT2D eigenvalue weighted by atomic mass is 32.1. The normalized spacial score (nSPS) is 11.6. The molecule has 0 radical (unpaired) electrons. The Morgan fingerprint density at radius 2 is 2.11 bits per heavy atom. The summed E-state index contributed by atoms with van der Waals surface area (Å²) in [5.41, 5.74) is 11.8. The van der Waals surface area contributed by atoms with Crippen molar-refractivity contribution in [3.63, 3.8) is 0 Å². The van der Waals surface area contributed by atoms with E-state index >= 15 is 0 Å². The van der Waals surface area contributed by atoms with E-state index in [-0.39, 0.29) is 5.11 Å². The minimum absolute atomic E-state index is 0.0589. The molecule has 6 nitrogen and oxygen atoms in total. The van der Waals surface area contributed by atoms with Gasteiger partial charge in [0.1, 0.15) is 6.34 Å². The van der Waals surface area contributed by atoms with E-state index in [1.54, 1.807) is 0 Å². The average molecular weight is 265 g/mol. The van der Waals surface area contributed by atoms with Gasteiger partial charge in [0.2, 0.25) is 0 Å². The fourth-order valence-corrected chi connectivity index (χ4v) is 1.27. The summed E-state index contributed by atoms with van der Waals surface area (Å²) in [5, 5.41) is 12.5. The van der Waals surface area contributed by atoms with E-state index < -0.39 is 0 Å². The molecule has 0 aromatic heterocycles. The number of nitrogens with one attached hydrogen (secondary N) is 2. The molecule has 0 unspecified atom stereocenters. The third-order valence-electron chi connectivity index (χ3n) is 2.05. The van der Waals surface area contributed by atoms with Gasteiger partial charge in [-0.2, -0.15) is 5.10 Å². The highest BCUT2D eigenvalue weighted by molar-refractivity contribution is 7.80. The van der Waals surface area contributed by atoms with Crippen molar-refractivity contribution in [1.29, 1.82) is 0 Å². The minimum Gasteiger partial charge on any atom is -0.375 e. The highest BCUT2D eigenvalue weighted by Gasteiger charge is 2.00. The Morgan fingerprint density at radius 3 is 2.67 bits per heavy atom. The number of nitrogens with zero attached hydrogens (tertiary/aromatic N) is 2. The summed E-state index contributed by atoms with van der Waals surface area (Å²) < 4.78 is 0. The Labute approximate surface area is 111 Å². The second kappa shape index (κ2) is 7.36. The molecule has 0 spiro atoms. The van der Waals surface area contributed by atoms with Crippen molar-refractivity contribution < 1.29 is 5.21 Å². The summed E-state index contributed by atoms with van der Waals surface area (Å²) in [4.78, 5) is 3.92. The molecule has 0 aliphatic carbocycles.